The van der Waals surface area contributed by atoms with Crippen molar-refractivity contribution in [2.45, 2.75) is 38.6 Å². The molecule has 1 aromatic rings. The highest BCUT2D eigenvalue weighted by molar-refractivity contribution is 7.99. The Bertz CT molecular complexity index is 576. The molecule has 0 saturated carbocycles. The molecule has 1 aromatic heterocycles. The normalized spacial score (nSPS) is 25.3. The third-order valence-corrected chi connectivity index (χ3v) is 7.55. The molecule has 2 saturated heterocycles. The Labute approximate surface area is 152 Å². The minimum atomic E-state index is 0.0291. The lowest BCUT2D eigenvalue weighted by molar-refractivity contribution is -0.0129. The predicted molar refractivity (Wildman–Crippen MR) is 100 cm³/mol. The molecule has 5 nitrogen and oxygen atoms in total. The summed E-state index contributed by atoms with van der Waals surface area (Å²) in [6.45, 7) is 10.4. The van der Waals surface area contributed by atoms with Gasteiger partial charge in [-0.1, -0.05) is 13.8 Å². The number of nitrogens with zero attached hydrogens (tertiary/aromatic N) is 2. The minimum absolute atomic E-state index is 0.0291. The number of nitrogens with one attached hydrogen (secondary N) is 1. The molecule has 134 valence electrons. The van der Waals surface area contributed by atoms with Gasteiger partial charge in [0.1, 0.15) is 4.88 Å². The summed E-state index contributed by atoms with van der Waals surface area (Å²) in [5.74, 6) is 2.65. The number of aromatic nitrogens is 1. The molecule has 0 bridgehead atoms. The van der Waals surface area contributed by atoms with Crippen LogP contribution in [0.2, 0.25) is 0 Å². The molecule has 24 heavy (non-hydrogen) atoms. The molecule has 3 heterocycles. The van der Waals surface area contributed by atoms with Crippen molar-refractivity contribution in [3.8, 4) is 0 Å². The molecule has 1 N–H and O–H groups in total. The average molecular weight is 370 g/mol. The first-order valence-electron chi connectivity index (χ1n) is 8.68. The van der Waals surface area contributed by atoms with Crippen LogP contribution < -0.4 is 5.32 Å². The van der Waals surface area contributed by atoms with Crippen molar-refractivity contribution in [2.24, 2.45) is 0 Å². The zero-order valence-electron chi connectivity index (χ0n) is 14.8. The SMILES string of the molecule is Cc1nc(C(C)C)sc1C(=O)NCC1(N2CCOCC2)CCSC1. The Kier molecular flexibility index (Phi) is 5.85. The van der Waals surface area contributed by atoms with Crippen LogP contribution >= 0.6 is 23.1 Å². The first kappa shape index (κ1) is 18.2. The average Bonchev–Trinajstić information content (AvgIpc) is 3.21. The number of ether oxygens (including phenoxy) is 1. The molecule has 0 spiro atoms. The van der Waals surface area contributed by atoms with Crippen LogP contribution in [0.25, 0.3) is 0 Å². The Morgan fingerprint density at radius 3 is 2.75 bits per heavy atom. The number of aryl methyl sites for hydroxylation is 1. The molecule has 3 rings (SSSR count). The van der Waals surface area contributed by atoms with Gasteiger partial charge in [-0.3, -0.25) is 9.69 Å². The van der Waals surface area contributed by atoms with Crippen molar-refractivity contribution < 1.29 is 9.53 Å². The molecular formula is C17H27N3O2S2. The van der Waals surface area contributed by atoms with Crippen molar-refractivity contribution in [3.05, 3.63) is 15.6 Å². The van der Waals surface area contributed by atoms with Crippen LogP contribution in [-0.2, 0) is 4.74 Å². The number of rotatable bonds is 5. The van der Waals surface area contributed by atoms with E-state index in [1.807, 2.05) is 18.7 Å². The largest absolute Gasteiger partial charge is 0.379 e. The zero-order valence-corrected chi connectivity index (χ0v) is 16.4. The summed E-state index contributed by atoms with van der Waals surface area (Å²) in [6.07, 6.45) is 1.14. The van der Waals surface area contributed by atoms with Crippen LogP contribution in [0.5, 0.6) is 0 Å². The van der Waals surface area contributed by atoms with Gasteiger partial charge in [0.25, 0.3) is 5.91 Å². The minimum Gasteiger partial charge on any atom is -0.379 e. The number of hydrogen-bond acceptors (Lipinski definition) is 6. The van der Waals surface area contributed by atoms with Gasteiger partial charge in [0.15, 0.2) is 0 Å². The van der Waals surface area contributed by atoms with E-state index in [2.05, 4.69) is 29.0 Å². The molecule has 2 aliphatic heterocycles. The second kappa shape index (κ2) is 7.72. The van der Waals surface area contributed by atoms with Crippen molar-refractivity contribution in [2.75, 3.05) is 44.4 Å². The highest BCUT2D eigenvalue weighted by atomic mass is 32.2. The van der Waals surface area contributed by atoms with E-state index in [-0.39, 0.29) is 11.4 Å². The summed E-state index contributed by atoms with van der Waals surface area (Å²) in [7, 11) is 0. The van der Waals surface area contributed by atoms with Gasteiger partial charge in [0.05, 0.1) is 23.9 Å². The summed E-state index contributed by atoms with van der Waals surface area (Å²) < 4.78 is 5.50. The second-order valence-electron chi connectivity index (χ2n) is 6.93. The summed E-state index contributed by atoms with van der Waals surface area (Å²) >= 11 is 3.52. The van der Waals surface area contributed by atoms with Gasteiger partial charge in [-0.15, -0.1) is 11.3 Å². The molecule has 7 heteroatoms. The van der Waals surface area contributed by atoms with Gasteiger partial charge in [0, 0.05) is 36.8 Å². The summed E-state index contributed by atoms with van der Waals surface area (Å²) in [4.78, 5) is 20.5. The van der Waals surface area contributed by atoms with Crippen molar-refractivity contribution in [1.29, 1.82) is 0 Å². The van der Waals surface area contributed by atoms with E-state index in [0.29, 0.717) is 12.5 Å². The standard InChI is InChI=1S/C17H27N3O2S2/c1-12(2)16-19-13(3)14(24-16)15(21)18-10-17(4-9-23-11-17)20-5-7-22-8-6-20/h12H,4-11H2,1-3H3,(H,18,21). The Morgan fingerprint density at radius 1 is 1.42 bits per heavy atom. The van der Waals surface area contributed by atoms with Crippen LogP contribution in [0.4, 0.5) is 0 Å². The van der Waals surface area contributed by atoms with Crippen LogP contribution in [0.3, 0.4) is 0 Å². The number of thioether (sulfide) groups is 1. The van der Waals surface area contributed by atoms with Crippen LogP contribution in [0.1, 0.15) is 46.6 Å². The monoisotopic (exact) mass is 369 g/mol. The zero-order chi connectivity index (χ0) is 17.2. The maximum atomic E-state index is 12.7. The maximum Gasteiger partial charge on any atom is 0.263 e. The van der Waals surface area contributed by atoms with Crippen molar-refractivity contribution >= 4 is 29.0 Å². The van der Waals surface area contributed by atoms with Gasteiger partial charge in [-0.25, -0.2) is 4.98 Å². The number of carbonyl (C=O) groups is 1. The van der Waals surface area contributed by atoms with Gasteiger partial charge in [-0.05, 0) is 19.1 Å². The fourth-order valence-electron chi connectivity index (χ4n) is 3.33. The van der Waals surface area contributed by atoms with E-state index >= 15 is 0 Å². The van der Waals surface area contributed by atoms with Gasteiger partial charge in [-0.2, -0.15) is 11.8 Å². The highest BCUT2D eigenvalue weighted by Gasteiger charge is 2.41. The quantitative estimate of drug-likeness (QED) is 0.864. The topological polar surface area (TPSA) is 54.5 Å². The lowest BCUT2D eigenvalue weighted by atomic mass is 9.95. The number of morpholine rings is 1. The Balaban J connectivity index is 1.67. The number of hydrogen-bond donors (Lipinski definition) is 1. The molecular weight excluding hydrogens is 342 g/mol. The van der Waals surface area contributed by atoms with E-state index in [1.54, 1.807) is 0 Å². The highest BCUT2D eigenvalue weighted by Crippen LogP contribution is 2.34. The number of carbonyl (C=O) groups excluding carboxylic acids is 1. The van der Waals surface area contributed by atoms with Gasteiger partial charge in [0.2, 0.25) is 0 Å². The van der Waals surface area contributed by atoms with E-state index < -0.39 is 0 Å². The fourth-order valence-corrected chi connectivity index (χ4v) is 5.80. The second-order valence-corrected chi connectivity index (χ2v) is 9.07. The lowest BCUT2D eigenvalue weighted by Gasteiger charge is -2.43. The molecule has 2 fully saturated rings. The Hall–Kier alpha value is -0.630. The number of amides is 1. The van der Waals surface area contributed by atoms with Gasteiger partial charge >= 0.3 is 0 Å². The third kappa shape index (κ3) is 3.79. The van der Waals surface area contributed by atoms with E-state index in [9.17, 15) is 4.79 Å². The summed E-state index contributed by atoms with van der Waals surface area (Å²) in [6, 6.07) is 0. The molecule has 1 amide bonds. The molecule has 0 aromatic carbocycles. The molecule has 2 aliphatic rings. The fraction of sp³-hybridized carbons (Fsp3) is 0.765. The third-order valence-electron chi connectivity index (χ3n) is 4.86. The van der Waals surface area contributed by atoms with Crippen LogP contribution in [0.15, 0.2) is 0 Å². The van der Waals surface area contributed by atoms with E-state index in [0.717, 1.165) is 54.1 Å². The predicted octanol–water partition coefficient (Wildman–Crippen LogP) is 2.51. The van der Waals surface area contributed by atoms with Crippen LogP contribution in [0, 0.1) is 6.92 Å². The Morgan fingerprint density at radius 2 is 2.17 bits per heavy atom. The molecule has 1 atom stereocenters. The molecule has 0 radical (unpaired) electrons. The maximum absolute atomic E-state index is 12.7. The summed E-state index contributed by atoms with van der Waals surface area (Å²) in [5.41, 5.74) is 0.936. The van der Waals surface area contributed by atoms with Crippen LogP contribution in [-0.4, -0.2) is 65.7 Å². The first-order chi connectivity index (χ1) is 11.5. The summed E-state index contributed by atoms with van der Waals surface area (Å²) in [5, 5.41) is 4.25. The van der Waals surface area contributed by atoms with E-state index in [1.165, 1.54) is 17.1 Å². The first-order valence-corrected chi connectivity index (χ1v) is 10.6. The van der Waals surface area contributed by atoms with Gasteiger partial charge < -0.3 is 10.1 Å². The number of thiazole rings is 1. The smallest absolute Gasteiger partial charge is 0.263 e. The molecule has 1 unspecified atom stereocenters. The van der Waals surface area contributed by atoms with Crippen molar-refractivity contribution in [1.82, 2.24) is 15.2 Å². The van der Waals surface area contributed by atoms with Crippen molar-refractivity contribution in [3.63, 3.8) is 0 Å². The lowest BCUT2D eigenvalue weighted by Crippen LogP contribution is -2.59. The molecule has 0 aliphatic carbocycles. The van der Waals surface area contributed by atoms with E-state index in [4.69, 9.17) is 4.74 Å².